The van der Waals surface area contributed by atoms with Gasteiger partial charge in [-0.3, -0.25) is 0 Å². The third-order valence-electron chi connectivity index (χ3n) is 6.37. The molecule has 1 aromatic carbocycles. The maximum Gasteiger partial charge on any atom is 0.0843 e. The Labute approximate surface area is 225 Å². The van der Waals surface area contributed by atoms with Crippen molar-refractivity contribution in [3.05, 3.63) is 95.0 Å². The average molecular weight is 509 g/mol. The van der Waals surface area contributed by atoms with Gasteiger partial charge in [0.15, 0.2) is 0 Å². The molecular weight excluding hydrogens is 460 g/mol. The van der Waals surface area contributed by atoms with Crippen molar-refractivity contribution in [1.82, 2.24) is 20.9 Å². The smallest absolute Gasteiger partial charge is 0.0843 e. The van der Waals surface area contributed by atoms with Crippen LogP contribution >= 0.6 is 11.8 Å². The number of allylic oxidation sites excluding steroid dienone is 4. The Kier molecular flexibility index (Phi) is 14.2. The molecule has 2 unspecified atom stereocenters. The predicted molar refractivity (Wildman–Crippen MR) is 161 cm³/mol. The Bertz CT molecular complexity index is 914. The molecule has 3 aliphatic rings. The third kappa shape index (κ3) is 9.25. The van der Waals surface area contributed by atoms with Gasteiger partial charge in [0.1, 0.15) is 0 Å². The molecule has 0 saturated carbocycles. The van der Waals surface area contributed by atoms with E-state index in [1.807, 2.05) is 39.5 Å². The SMILES string of the molecule is CC.CC.CSC1C=CC(CNCCN(CC2=CNCN2)C2=CCC(c3ccccc3)C=C2C)=CC1. The molecule has 5 heteroatoms. The van der Waals surface area contributed by atoms with E-state index in [4.69, 9.17) is 0 Å². The van der Waals surface area contributed by atoms with Crippen molar-refractivity contribution in [2.24, 2.45) is 0 Å². The lowest BCUT2D eigenvalue weighted by Crippen LogP contribution is -2.36. The summed E-state index contributed by atoms with van der Waals surface area (Å²) in [5.41, 5.74) is 6.80. The molecule has 0 aromatic heterocycles. The topological polar surface area (TPSA) is 39.3 Å². The van der Waals surface area contributed by atoms with Gasteiger partial charge in [0, 0.05) is 48.4 Å². The van der Waals surface area contributed by atoms with Gasteiger partial charge < -0.3 is 20.9 Å². The molecule has 1 aliphatic heterocycles. The van der Waals surface area contributed by atoms with Crippen LogP contribution in [0.3, 0.4) is 0 Å². The summed E-state index contributed by atoms with van der Waals surface area (Å²) in [6.45, 7) is 14.9. The third-order valence-corrected chi connectivity index (χ3v) is 7.33. The molecule has 4 nitrogen and oxygen atoms in total. The van der Waals surface area contributed by atoms with Crippen LogP contribution in [-0.4, -0.2) is 49.3 Å². The minimum atomic E-state index is 0.473. The molecule has 0 fully saturated rings. The van der Waals surface area contributed by atoms with Crippen molar-refractivity contribution in [3.63, 3.8) is 0 Å². The molecular formula is C31H48N4S. The highest BCUT2D eigenvalue weighted by Gasteiger charge is 2.20. The van der Waals surface area contributed by atoms with Crippen molar-refractivity contribution in [2.45, 2.75) is 58.6 Å². The molecule has 1 heterocycles. The van der Waals surface area contributed by atoms with Gasteiger partial charge in [-0.1, -0.05) is 88.4 Å². The highest BCUT2D eigenvalue weighted by atomic mass is 32.2. The molecule has 2 atom stereocenters. The lowest BCUT2D eigenvalue weighted by Gasteiger charge is -2.32. The Morgan fingerprint density at radius 1 is 1.06 bits per heavy atom. The fourth-order valence-electron chi connectivity index (χ4n) is 4.55. The number of thioether (sulfide) groups is 1. The summed E-state index contributed by atoms with van der Waals surface area (Å²) in [5, 5.41) is 11.0. The van der Waals surface area contributed by atoms with Crippen LogP contribution in [-0.2, 0) is 0 Å². The van der Waals surface area contributed by atoms with Crippen LogP contribution in [0.1, 0.15) is 58.9 Å². The quantitative estimate of drug-likeness (QED) is 0.312. The van der Waals surface area contributed by atoms with Crippen LogP contribution in [0.5, 0.6) is 0 Å². The molecule has 0 saturated heterocycles. The Morgan fingerprint density at radius 2 is 1.83 bits per heavy atom. The van der Waals surface area contributed by atoms with Crippen LogP contribution in [0.25, 0.3) is 0 Å². The number of hydrogen-bond acceptors (Lipinski definition) is 5. The summed E-state index contributed by atoms with van der Waals surface area (Å²) in [6, 6.07) is 10.8. The summed E-state index contributed by atoms with van der Waals surface area (Å²) in [4.78, 5) is 2.51. The fraction of sp³-hybridized carbons (Fsp3) is 0.484. The number of nitrogens with zero attached hydrogens (tertiary/aromatic N) is 1. The van der Waals surface area contributed by atoms with E-state index < -0.39 is 0 Å². The van der Waals surface area contributed by atoms with Gasteiger partial charge in [-0.05, 0) is 42.7 Å². The maximum absolute atomic E-state index is 3.66. The van der Waals surface area contributed by atoms with E-state index in [0.717, 1.165) is 45.7 Å². The lowest BCUT2D eigenvalue weighted by atomic mass is 9.88. The first kappa shape index (κ1) is 29.9. The van der Waals surface area contributed by atoms with Crippen LogP contribution in [0.2, 0.25) is 0 Å². The summed E-state index contributed by atoms with van der Waals surface area (Å²) >= 11 is 1.92. The Morgan fingerprint density at radius 3 is 2.44 bits per heavy atom. The first-order chi connectivity index (χ1) is 17.7. The zero-order chi connectivity index (χ0) is 26.2. The Balaban J connectivity index is 0.00000109. The standard InChI is InChI=1S/C27H36N4S.2C2H6/c1-21-16-24(23-6-4-3-5-7-23)10-13-27(21)31(19-25-18-29-20-30-25)15-14-28-17-22-8-11-26(32-2)12-9-22;2*1-2/h3-9,11,13,16,18,24,26,28-30H,10,12,14-15,17,19-20H2,1-2H3;2*1-2H3. The summed E-state index contributed by atoms with van der Waals surface area (Å²) in [5.74, 6) is 0.473. The Hall–Kier alpha value is -2.37. The molecule has 0 bridgehead atoms. The van der Waals surface area contributed by atoms with Gasteiger partial charge >= 0.3 is 0 Å². The summed E-state index contributed by atoms with van der Waals surface area (Å²) in [7, 11) is 0. The monoisotopic (exact) mass is 508 g/mol. The van der Waals surface area contributed by atoms with Gasteiger partial charge in [-0.25, -0.2) is 0 Å². The van der Waals surface area contributed by atoms with Crippen molar-refractivity contribution in [2.75, 3.05) is 39.1 Å². The molecule has 2 aliphatic carbocycles. The largest absolute Gasteiger partial charge is 0.372 e. The summed E-state index contributed by atoms with van der Waals surface area (Å²) < 4.78 is 0. The van der Waals surface area contributed by atoms with Gasteiger partial charge in [0.25, 0.3) is 0 Å². The molecule has 3 N–H and O–H groups in total. The van der Waals surface area contributed by atoms with E-state index in [-0.39, 0.29) is 0 Å². The molecule has 198 valence electrons. The minimum Gasteiger partial charge on any atom is -0.372 e. The van der Waals surface area contributed by atoms with E-state index in [0.29, 0.717) is 11.2 Å². The first-order valence-corrected chi connectivity index (χ1v) is 15.0. The molecule has 0 spiro atoms. The van der Waals surface area contributed by atoms with Crippen molar-refractivity contribution in [3.8, 4) is 0 Å². The molecule has 36 heavy (non-hydrogen) atoms. The van der Waals surface area contributed by atoms with E-state index >= 15 is 0 Å². The van der Waals surface area contributed by atoms with E-state index in [9.17, 15) is 0 Å². The average Bonchev–Trinajstić information content (AvgIpc) is 3.47. The number of benzene rings is 1. The van der Waals surface area contributed by atoms with E-state index in [2.05, 4.69) is 101 Å². The number of hydrogen-bond donors (Lipinski definition) is 3. The second kappa shape index (κ2) is 17.1. The second-order valence-corrected chi connectivity index (χ2v) is 9.74. The van der Waals surface area contributed by atoms with Gasteiger partial charge in [0.05, 0.1) is 13.2 Å². The van der Waals surface area contributed by atoms with Crippen molar-refractivity contribution < 1.29 is 0 Å². The van der Waals surface area contributed by atoms with Crippen molar-refractivity contribution >= 4 is 11.8 Å². The predicted octanol–water partition coefficient (Wildman–Crippen LogP) is 6.56. The normalized spacial score (nSPS) is 20.2. The molecule has 4 rings (SSSR count). The van der Waals surface area contributed by atoms with Crippen LogP contribution in [0.15, 0.2) is 89.5 Å². The minimum absolute atomic E-state index is 0.473. The second-order valence-electron chi connectivity index (χ2n) is 8.67. The van der Waals surface area contributed by atoms with Gasteiger partial charge in [-0.15, -0.1) is 0 Å². The van der Waals surface area contributed by atoms with Crippen LogP contribution in [0.4, 0.5) is 0 Å². The maximum atomic E-state index is 3.66. The highest BCUT2D eigenvalue weighted by molar-refractivity contribution is 7.99. The highest BCUT2D eigenvalue weighted by Crippen LogP contribution is 2.32. The number of nitrogens with one attached hydrogen (secondary N) is 3. The zero-order valence-electron chi connectivity index (χ0n) is 23.3. The fourth-order valence-corrected chi connectivity index (χ4v) is 5.07. The van der Waals surface area contributed by atoms with Gasteiger partial charge in [-0.2, -0.15) is 11.8 Å². The molecule has 0 radical (unpaired) electrons. The molecule has 1 aromatic rings. The molecule has 0 amide bonds. The van der Waals surface area contributed by atoms with E-state index in [1.54, 1.807) is 0 Å². The number of rotatable bonds is 10. The van der Waals surface area contributed by atoms with E-state index in [1.165, 1.54) is 28.1 Å². The lowest BCUT2D eigenvalue weighted by molar-refractivity contribution is 0.365. The van der Waals surface area contributed by atoms with Crippen LogP contribution in [0, 0.1) is 0 Å². The first-order valence-electron chi connectivity index (χ1n) is 13.7. The zero-order valence-corrected chi connectivity index (χ0v) is 24.1. The van der Waals surface area contributed by atoms with Gasteiger partial charge in [0.2, 0.25) is 0 Å². The van der Waals surface area contributed by atoms with Crippen molar-refractivity contribution in [1.29, 1.82) is 0 Å². The van der Waals surface area contributed by atoms with Crippen LogP contribution < -0.4 is 16.0 Å². The summed E-state index contributed by atoms with van der Waals surface area (Å²) in [6.07, 6.45) is 18.4.